The van der Waals surface area contributed by atoms with E-state index in [1.54, 1.807) is 36.4 Å². The Bertz CT molecular complexity index is 976. The van der Waals surface area contributed by atoms with Crippen molar-refractivity contribution in [3.8, 4) is 0 Å². The lowest BCUT2D eigenvalue weighted by molar-refractivity contribution is -0.131. The summed E-state index contributed by atoms with van der Waals surface area (Å²) in [5, 5.41) is 6.25. The van der Waals surface area contributed by atoms with E-state index in [9.17, 15) is 19.2 Å². The molecule has 2 aromatic carbocycles. The molecule has 1 atom stereocenters. The SMILES string of the molecule is O=C(NN=CC1C(=O)NC(=O)N(c2ccc(Br)cc2)C1=O)c1ccc(Cl)cc1. The van der Waals surface area contributed by atoms with Gasteiger partial charge in [0.1, 0.15) is 0 Å². The number of urea groups is 1. The van der Waals surface area contributed by atoms with Gasteiger partial charge in [0, 0.05) is 21.3 Å². The van der Waals surface area contributed by atoms with Gasteiger partial charge >= 0.3 is 6.03 Å². The number of benzene rings is 2. The molecule has 8 nitrogen and oxygen atoms in total. The summed E-state index contributed by atoms with van der Waals surface area (Å²) in [6.45, 7) is 0. The summed E-state index contributed by atoms with van der Waals surface area (Å²) in [6.07, 6.45) is 0.976. The third-order valence-corrected chi connectivity index (χ3v) is 4.56. The predicted molar refractivity (Wildman–Crippen MR) is 106 cm³/mol. The van der Waals surface area contributed by atoms with Gasteiger partial charge in [0.05, 0.1) is 5.69 Å². The van der Waals surface area contributed by atoms with Crippen LogP contribution in [0.1, 0.15) is 10.4 Å². The van der Waals surface area contributed by atoms with Crippen molar-refractivity contribution in [2.75, 3.05) is 4.90 Å². The fraction of sp³-hybridized carbons (Fsp3) is 0.0556. The fourth-order valence-electron chi connectivity index (χ4n) is 2.39. The number of hydrazone groups is 1. The Hall–Kier alpha value is -3.04. The Morgan fingerprint density at radius 2 is 1.75 bits per heavy atom. The summed E-state index contributed by atoms with van der Waals surface area (Å²) in [5.74, 6) is -3.52. The standard InChI is InChI=1S/C18H12BrClN4O4/c19-11-3-7-13(8-4-11)24-17(27)14(16(26)22-18(24)28)9-21-23-15(25)10-1-5-12(20)6-2-10/h1-9,14H,(H,23,25)(H,22,26,28). The lowest BCUT2D eigenvalue weighted by Crippen LogP contribution is -2.58. The molecule has 0 saturated carbocycles. The molecule has 28 heavy (non-hydrogen) atoms. The van der Waals surface area contributed by atoms with Crippen molar-refractivity contribution in [1.82, 2.24) is 10.7 Å². The largest absolute Gasteiger partial charge is 0.335 e. The first-order chi connectivity index (χ1) is 13.4. The third-order valence-electron chi connectivity index (χ3n) is 3.78. The zero-order valence-electron chi connectivity index (χ0n) is 14.1. The molecular weight excluding hydrogens is 452 g/mol. The maximum atomic E-state index is 12.6. The molecule has 0 aliphatic carbocycles. The molecule has 0 bridgehead atoms. The summed E-state index contributed by atoms with van der Waals surface area (Å²) in [6, 6.07) is 11.6. The van der Waals surface area contributed by atoms with E-state index in [0.29, 0.717) is 16.3 Å². The van der Waals surface area contributed by atoms with Crippen LogP contribution < -0.4 is 15.6 Å². The van der Waals surface area contributed by atoms with E-state index in [-0.39, 0.29) is 0 Å². The number of nitrogens with zero attached hydrogens (tertiary/aromatic N) is 2. The number of imide groups is 2. The van der Waals surface area contributed by atoms with Gasteiger partial charge in [-0.15, -0.1) is 0 Å². The number of halogens is 2. The molecule has 2 N–H and O–H groups in total. The molecule has 1 unspecified atom stereocenters. The molecule has 5 amide bonds. The van der Waals surface area contributed by atoms with Crippen LogP contribution in [0.3, 0.4) is 0 Å². The highest BCUT2D eigenvalue weighted by Crippen LogP contribution is 2.22. The summed E-state index contributed by atoms with van der Waals surface area (Å²) in [5.41, 5.74) is 2.82. The van der Waals surface area contributed by atoms with Gasteiger partial charge in [-0.25, -0.2) is 15.1 Å². The topological polar surface area (TPSA) is 108 Å². The number of carbonyl (C=O) groups is 4. The maximum absolute atomic E-state index is 12.6. The Morgan fingerprint density at radius 1 is 1.11 bits per heavy atom. The van der Waals surface area contributed by atoms with Crippen molar-refractivity contribution >= 4 is 63.2 Å². The number of amides is 5. The summed E-state index contributed by atoms with van der Waals surface area (Å²) < 4.78 is 0.764. The van der Waals surface area contributed by atoms with Gasteiger partial charge in [0.15, 0.2) is 5.92 Å². The minimum Gasteiger partial charge on any atom is -0.276 e. The maximum Gasteiger partial charge on any atom is 0.335 e. The normalized spacial score (nSPS) is 17.0. The minimum atomic E-state index is -1.37. The number of rotatable bonds is 4. The van der Waals surface area contributed by atoms with Crippen LogP contribution in [0, 0.1) is 5.92 Å². The fourth-order valence-corrected chi connectivity index (χ4v) is 2.78. The van der Waals surface area contributed by atoms with Crippen LogP contribution in [0.2, 0.25) is 5.02 Å². The summed E-state index contributed by atoms with van der Waals surface area (Å²) in [7, 11) is 0. The lowest BCUT2D eigenvalue weighted by atomic mass is 10.1. The van der Waals surface area contributed by atoms with E-state index < -0.39 is 29.7 Å². The van der Waals surface area contributed by atoms with Gasteiger partial charge in [-0.1, -0.05) is 27.5 Å². The zero-order valence-corrected chi connectivity index (χ0v) is 16.4. The zero-order chi connectivity index (χ0) is 20.3. The first-order valence-corrected chi connectivity index (χ1v) is 9.07. The number of hydrogen-bond donors (Lipinski definition) is 2. The number of hydrogen-bond acceptors (Lipinski definition) is 5. The molecule has 2 aromatic rings. The molecule has 1 fully saturated rings. The van der Waals surface area contributed by atoms with Gasteiger partial charge in [-0.2, -0.15) is 5.10 Å². The van der Waals surface area contributed by atoms with Crippen molar-refractivity contribution in [3.63, 3.8) is 0 Å². The predicted octanol–water partition coefficient (Wildman–Crippen LogP) is 2.72. The third kappa shape index (κ3) is 4.26. The number of anilines is 1. The Labute approximate surface area is 172 Å². The molecule has 1 aliphatic heterocycles. The van der Waals surface area contributed by atoms with E-state index in [0.717, 1.165) is 15.6 Å². The second kappa shape index (κ2) is 8.32. The second-order valence-electron chi connectivity index (χ2n) is 5.65. The number of carbonyl (C=O) groups excluding carboxylic acids is 4. The Balaban J connectivity index is 1.74. The van der Waals surface area contributed by atoms with E-state index in [2.05, 4.69) is 31.8 Å². The van der Waals surface area contributed by atoms with Crippen molar-refractivity contribution in [2.45, 2.75) is 0 Å². The summed E-state index contributed by atoms with van der Waals surface area (Å²) >= 11 is 9.03. The van der Waals surface area contributed by atoms with Crippen LogP contribution in [0.5, 0.6) is 0 Å². The summed E-state index contributed by atoms with van der Waals surface area (Å²) in [4.78, 5) is 49.6. The van der Waals surface area contributed by atoms with Gasteiger partial charge in [0.25, 0.3) is 11.8 Å². The second-order valence-corrected chi connectivity index (χ2v) is 7.00. The van der Waals surface area contributed by atoms with Crippen LogP contribution in [-0.2, 0) is 9.59 Å². The Morgan fingerprint density at radius 3 is 2.39 bits per heavy atom. The van der Waals surface area contributed by atoms with Crippen LogP contribution in [-0.4, -0.2) is 30.0 Å². The van der Waals surface area contributed by atoms with E-state index in [1.807, 2.05) is 0 Å². The van der Waals surface area contributed by atoms with Crippen LogP contribution in [0.15, 0.2) is 58.1 Å². The first kappa shape index (κ1) is 19.7. The molecule has 0 spiro atoms. The van der Waals surface area contributed by atoms with E-state index in [4.69, 9.17) is 11.6 Å². The molecular formula is C18H12BrClN4O4. The van der Waals surface area contributed by atoms with Gasteiger partial charge in [-0.05, 0) is 48.5 Å². The quantitative estimate of drug-likeness (QED) is 0.413. The van der Waals surface area contributed by atoms with Crippen LogP contribution in [0.4, 0.5) is 10.5 Å². The van der Waals surface area contributed by atoms with Gasteiger partial charge in [-0.3, -0.25) is 19.7 Å². The average Bonchev–Trinajstić information content (AvgIpc) is 2.66. The van der Waals surface area contributed by atoms with Crippen molar-refractivity contribution in [2.24, 2.45) is 11.0 Å². The molecule has 1 aliphatic rings. The van der Waals surface area contributed by atoms with E-state index >= 15 is 0 Å². The smallest absolute Gasteiger partial charge is 0.276 e. The van der Waals surface area contributed by atoms with Crippen LogP contribution >= 0.6 is 27.5 Å². The average molecular weight is 464 g/mol. The van der Waals surface area contributed by atoms with Crippen molar-refractivity contribution < 1.29 is 19.2 Å². The lowest BCUT2D eigenvalue weighted by Gasteiger charge is -2.28. The van der Waals surface area contributed by atoms with Crippen molar-refractivity contribution in [3.05, 3.63) is 63.6 Å². The highest BCUT2D eigenvalue weighted by Gasteiger charge is 2.40. The monoisotopic (exact) mass is 462 g/mol. The van der Waals surface area contributed by atoms with Gasteiger partial charge < -0.3 is 0 Å². The van der Waals surface area contributed by atoms with Crippen molar-refractivity contribution in [1.29, 1.82) is 0 Å². The molecule has 10 heteroatoms. The first-order valence-electron chi connectivity index (χ1n) is 7.90. The minimum absolute atomic E-state index is 0.293. The highest BCUT2D eigenvalue weighted by atomic mass is 79.9. The molecule has 142 valence electrons. The molecule has 0 radical (unpaired) electrons. The molecule has 3 rings (SSSR count). The number of barbiturate groups is 1. The van der Waals surface area contributed by atoms with Gasteiger partial charge in [0.2, 0.25) is 5.91 Å². The molecule has 1 saturated heterocycles. The molecule has 1 heterocycles. The highest BCUT2D eigenvalue weighted by molar-refractivity contribution is 9.10. The van der Waals surface area contributed by atoms with E-state index in [1.165, 1.54) is 12.1 Å². The van der Waals surface area contributed by atoms with Crippen LogP contribution in [0.25, 0.3) is 0 Å². The Kier molecular flexibility index (Phi) is 5.86. The molecule has 0 aromatic heterocycles. The number of nitrogens with one attached hydrogen (secondary N) is 2.